The van der Waals surface area contributed by atoms with E-state index in [4.69, 9.17) is 9.40 Å². The van der Waals surface area contributed by atoms with Crippen molar-refractivity contribution in [2.24, 2.45) is 0 Å². The van der Waals surface area contributed by atoms with Crippen molar-refractivity contribution in [3.05, 3.63) is 59.1 Å². The number of benzene rings is 1. The number of imidazole rings is 1. The Morgan fingerprint density at radius 2 is 2.00 bits per heavy atom. The summed E-state index contributed by atoms with van der Waals surface area (Å²) in [5.41, 5.74) is 6.06. The van der Waals surface area contributed by atoms with Crippen molar-refractivity contribution in [3.8, 4) is 11.5 Å². The van der Waals surface area contributed by atoms with E-state index in [0.29, 0.717) is 11.6 Å². The van der Waals surface area contributed by atoms with Crippen LogP contribution in [0, 0.1) is 20.8 Å². The van der Waals surface area contributed by atoms with Gasteiger partial charge in [-0.05, 0) is 44.5 Å². The lowest BCUT2D eigenvalue weighted by atomic mass is 10.1. The predicted molar refractivity (Wildman–Crippen MR) is 99.6 cm³/mol. The number of aromatic amines is 1. The Morgan fingerprint density at radius 1 is 1.12 bits per heavy atom. The average molecular weight is 350 g/mol. The van der Waals surface area contributed by atoms with Crippen LogP contribution in [0.4, 0.5) is 0 Å². The Kier molecular flexibility index (Phi) is 4.05. The normalized spacial score (nSPS) is 11.3. The number of nitrogens with zero attached hydrogens (tertiary/aromatic N) is 3. The molecule has 0 amide bonds. The van der Waals surface area contributed by atoms with Gasteiger partial charge in [0.25, 0.3) is 0 Å². The molecule has 0 saturated heterocycles. The van der Waals surface area contributed by atoms with E-state index in [1.54, 1.807) is 18.0 Å². The molecular formula is C19H18N4OS. The van der Waals surface area contributed by atoms with Crippen LogP contribution in [0.1, 0.15) is 22.6 Å². The molecule has 0 bridgehead atoms. The van der Waals surface area contributed by atoms with Gasteiger partial charge in [-0.15, -0.1) is 0 Å². The third-order valence-corrected chi connectivity index (χ3v) is 4.97. The predicted octanol–water partition coefficient (Wildman–Crippen LogP) is 4.83. The Labute approximate surface area is 149 Å². The number of pyridine rings is 1. The number of oxazole rings is 1. The minimum Gasteiger partial charge on any atom is -0.441 e. The maximum absolute atomic E-state index is 5.90. The third-order valence-electron chi connectivity index (χ3n) is 4.09. The van der Waals surface area contributed by atoms with Gasteiger partial charge in [0, 0.05) is 17.5 Å². The third kappa shape index (κ3) is 3.17. The maximum Gasteiger partial charge on any atom is 0.226 e. The molecular weight excluding hydrogens is 332 g/mol. The van der Waals surface area contributed by atoms with Gasteiger partial charge in [0.15, 0.2) is 10.8 Å². The molecule has 4 aromatic rings. The summed E-state index contributed by atoms with van der Waals surface area (Å²) in [6.45, 7) is 6.12. The number of nitrogens with one attached hydrogen (secondary N) is 1. The minimum absolute atomic E-state index is 0.678. The van der Waals surface area contributed by atoms with Gasteiger partial charge in [0.2, 0.25) is 5.89 Å². The van der Waals surface area contributed by atoms with Crippen LogP contribution in [-0.2, 0) is 5.75 Å². The van der Waals surface area contributed by atoms with Gasteiger partial charge in [-0.1, -0.05) is 29.5 Å². The first-order chi connectivity index (χ1) is 12.1. The molecule has 0 spiro atoms. The first-order valence-electron chi connectivity index (χ1n) is 8.07. The Morgan fingerprint density at radius 3 is 2.80 bits per heavy atom. The number of aryl methyl sites for hydroxylation is 3. The molecule has 0 fully saturated rings. The Balaban J connectivity index is 1.56. The van der Waals surface area contributed by atoms with Crippen LogP contribution in [0.25, 0.3) is 22.6 Å². The second kappa shape index (κ2) is 6.37. The fourth-order valence-electron chi connectivity index (χ4n) is 2.76. The summed E-state index contributed by atoms with van der Waals surface area (Å²) in [7, 11) is 0. The average Bonchev–Trinajstić information content (AvgIpc) is 3.16. The zero-order chi connectivity index (χ0) is 17.4. The van der Waals surface area contributed by atoms with Crippen molar-refractivity contribution in [1.82, 2.24) is 19.9 Å². The molecule has 5 nitrogen and oxygen atoms in total. The zero-order valence-electron chi connectivity index (χ0n) is 14.3. The minimum atomic E-state index is 0.678. The van der Waals surface area contributed by atoms with Gasteiger partial charge in [-0.3, -0.25) is 0 Å². The summed E-state index contributed by atoms with van der Waals surface area (Å²) in [6, 6.07) is 10.2. The largest absolute Gasteiger partial charge is 0.441 e. The van der Waals surface area contributed by atoms with Crippen molar-refractivity contribution in [3.63, 3.8) is 0 Å². The molecule has 0 unspecified atom stereocenters. The SMILES string of the molecule is Cc1ccc(-c2nc(CSc3nc4ncccc4[nH]3)c(C)o2)c(C)c1. The molecule has 1 N–H and O–H groups in total. The summed E-state index contributed by atoms with van der Waals surface area (Å²) in [6.07, 6.45) is 1.75. The van der Waals surface area contributed by atoms with Crippen LogP contribution in [0.2, 0.25) is 0 Å². The highest BCUT2D eigenvalue weighted by Crippen LogP contribution is 2.29. The summed E-state index contributed by atoms with van der Waals surface area (Å²) in [4.78, 5) is 16.7. The highest BCUT2D eigenvalue weighted by molar-refractivity contribution is 7.98. The zero-order valence-corrected chi connectivity index (χ0v) is 15.1. The molecule has 4 rings (SSSR count). The number of rotatable bonds is 4. The molecule has 6 heteroatoms. The number of fused-ring (bicyclic) bond motifs is 1. The Hall–Kier alpha value is -2.60. The van der Waals surface area contributed by atoms with Crippen molar-refractivity contribution in [2.45, 2.75) is 31.7 Å². The smallest absolute Gasteiger partial charge is 0.226 e. The van der Waals surface area contributed by atoms with E-state index >= 15 is 0 Å². The van der Waals surface area contributed by atoms with Crippen LogP contribution in [0.5, 0.6) is 0 Å². The van der Waals surface area contributed by atoms with Crippen LogP contribution in [0.15, 0.2) is 46.1 Å². The second-order valence-electron chi connectivity index (χ2n) is 6.05. The molecule has 3 heterocycles. The highest BCUT2D eigenvalue weighted by Gasteiger charge is 2.14. The summed E-state index contributed by atoms with van der Waals surface area (Å²) >= 11 is 1.60. The molecule has 126 valence electrons. The number of H-pyrrole nitrogens is 1. The van der Waals surface area contributed by atoms with E-state index in [0.717, 1.165) is 33.3 Å². The van der Waals surface area contributed by atoms with E-state index in [1.807, 2.05) is 19.1 Å². The fraction of sp³-hybridized carbons (Fsp3) is 0.211. The molecule has 0 aliphatic heterocycles. The number of thioether (sulfide) groups is 1. The van der Waals surface area contributed by atoms with Crippen LogP contribution in [0.3, 0.4) is 0 Å². The van der Waals surface area contributed by atoms with Gasteiger partial charge in [0.05, 0.1) is 11.2 Å². The van der Waals surface area contributed by atoms with Gasteiger partial charge in [0.1, 0.15) is 5.76 Å². The molecule has 0 aliphatic rings. The summed E-state index contributed by atoms with van der Waals surface area (Å²) in [5.74, 6) is 2.22. The molecule has 0 radical (unpaired) electrons. The van der Waals surface area contributed by atoms with Crippen molar-refractivity contribution in [1.29, 1.82) is 0 Å². The second-order valence-corrected chi connectivity index (χ2v) is 7.01. The lowest BCUT2D eigenvalue weighted by molar-refractivity contribution is 0.540. The van der Waals surface area contributed by atoms with E-state index in [-0.39, 0.29) is 0 Å². The van der Waals surface area contributed by atoms with Crippen LogP contribution >= 0.6 is 11.8 Å². The molecule has 1 aromatic carbocycles. The first-order valence-corrected chi connectivity index (χ1v) is 9.06. The number of aromatic nitrogens is 4. The molecule has 0 atom stereocenters. The van der Waals surface area contributed by atoms with Gasteiger partial charge < -0.3 is 9.40 Å². The lowest BCUT2D eigenvalue weighted by Gasteiger charge is -2.02. The fourth-order valence-corrected chi connectivity index (χ4v) is 3.63. The maximum atomic E-state index is 5.90. The van der Waals surface area contributed by atoms with Gasteiger partial charge in [-0.2, -0.15) is 0 Å². The standard InChI is InChI=1S/C19H18N4OS/c1-11-6-7-14(12(2)9-11)18-21-16(13(3)24-18)10-25-19-22-15-5-4-8-20-17(15)23-19/h4-9H,10H2,1-3H3,(H,20,22,23). The van der Waals surface area contributed by atoms with E-state index in [2.05, 4.69) is 47.0 Å². The molecule has 0 saturated carbocycles. The number of hydrogen-bond acceptors (Lipinski definition) is 5. The van der Waals surface area contributed by atoms with Gasteiger partial charge >= 0.3 is 0 Å². The van der Waals surface area contributed by atoms with E-state index in [9.17, 15) is 0 Å². The summed E-state index contributed by atoms with van der Waals surface area (Å²) in [5, 5.41) is 0.837. The first kappa shape index (κ1) is 15.9. The van der Waals surface area contributed by atoms with E-state index in [1.165, 1.54) is 11.1 Å². The molecule has 25 heavy (non-hydrogen) atoms. The summed E-state index contributed by atoms with van der Waals surface area (Å²) < 4.78 is 5.90. The number of hydrogen-bond donors (Lipinski definition) is 1. The van der Waals surface area contributed by atoms with E-state index < -0.39 is 0 Å². The van der Waals surface area contributed by atoms with Crippen LogP contribution in [-0.4, -0.2) is 19.9 Å². The van der Waals surface area contributed by atoms with Crippen molar-refractivity contribution >= 4 is 22.9 Å². The Bertz CT molecular complexity index is 1020. The molecule has 0 aliphatic carbocycles. The van der Waals surface area contributed by atoms with Crippen molar-refractivity contribution < 1.29 is 4.42 Å². The topological polar surface area (TPSA) is 67.6 Å². The van der Waals surface area contributed by atoms with Crippen LogP contribution < -0.4 is 0 Å². The monoisotopic (exact) mass is 350 g/mol. The highest BCUT2D eigenvalue weighted by atomic mass is 32.2. The quantitative estimate of drug-likeness (QED) is 0.534. The van der Waals surface area contributed by atoms with Gasteiger partial charge in [-0.25, -0.2) is 15.0 Å². The van der Waals surface area contributed by atoms with Crippen molar-refractivity contribution in [2.75, 3.05) is 0 Å². The lowest BCUT2D eigenvalue weighted by Crippen LogP contribution is -1.87. The molecule has 3 aromatic heterocycles.